The van der Waals surface area contributed by atoms with E-state index < -0.39 is 0 Å². The molecule has 0 fully saturated rings. The fraction of sp³-hybridized carbons (Fsp3) is 0.286. The van der Waals surface area contributed by atoms with Gasteiger partial charge < -0.3 is 10.2 Å². The van der Waals surface area contributed by atoms with E-state index >= 15 is 0 Å². The highest BCUT2D eigenvalue weighted by Crippen LogP contribution is 2.40. The second-order valence-electron chi connectivity index (χ2n) is 4.22. The van der Waals surface area contributed by atoms with Crippen molar-refractivity contribution in [1.29, 1.82) is 0 Å². The van der Waals surface area contributed by atoms with Crippen LogP contribution in [0.2, 0.25) is 0 Å². The Morgan fingerprint density at radius 2 is 1.59 bits per heavy atom. The molecule has 1 heterocycles. The maximum Gasteiger partial charge on any atom is 0.258 e. The molecule has 1 aliphatic rings. The Labute approximate surface area is 150 Å². The first kappa shape index (κ1) is 17.8. The maximum absolute atomic E-state index is 11.8. The Bertz CT molecular complexity index is 603. The van der Waals surface area contributed by atoms with Crippen molar-refractivity contribution in [2.45, 2.75) is 9.79 Å². The number of anilines is 1. The molecule has 0 saturated heterocycles. The van der Waals surface area contributed by atoms with Gasteiger partial charge in [-0.3, -0.25) is 9.59 Å². The quantitative estimate of drug-likeness (QED) is 0.375. The number of imide groups is 1. The van der Waals surface area contributed by atoms with E-state index in [9.17, 15) is 9.59 Å². The van der Waals surface area contributed by atoms with Crippen molar-refractivity contribution >= 4 is 63.6 Å². The molecular weight excluding hydrogens is 437 g/mol. The van der Waals surface area contributed by atoms with E-state index in [1.807, 2.05) is 6.07 Å². The summed E-state index contributed by atoms with van der Waals surface area (Å²) in [5, 5.41) is 18.0. The van der Waals surface area contributed by atoms with Crippen molar-refractivity contribution in [3.63, 3.8) is 0 Å². The molecule has 2 rings (SSSR count). The summed E-state index contributed by atoms with van der Waals surface area (Å²) in [7, 11) is 0. The predicted molar refractivity (Wildman–Crippen MR) is 96.4 cm³/mol. The lowest BCUT2D eigenvalue weighted by atomic mass is 10.3. The smallest absolute Gasteiger partial charge is 0.258 e. The van der Waals surface area contributed by atoms with E-state index in [4.69, 9.17) is 10.2 Å². The highest BCUT2D eigenvalue weighted by molar-refractivity contribution is 14.1. The van der Waals surface area contributed by atoms with Crippen molar-refractivity contribution < 1.29 is 19.8 Å². The van der Waals surface area contributed by atoms with Crippen LogP contribution in [0.15, 0.2) is 34.1 Å². The lowest BCUT2D eigenvalue weighted by Gasteiger charge is -2.19. The van der Waals surface area contributed by atoms with Gasteiger partial charge in [0.2, 0.25) is 0 Å². The first-order valence-electron chi connectivity index (χ1n) is 6.46. The predicted octanol–water partition coefficient (Wildman–Crippen LogP) is 1.89. The number of aliphatic hydroxyl groups excluding tert-OH is 2. The monoisotopic (exact) mass is 451 g/mol. The van der Waals surface area contributed by atoms with Gasteiger partial charge in [-0.2, -0.15) is 0 Å². The highest BCUT2D eigenvalue weighted by atomic mass is 127. The van der Waals surface area contributed by atoms with Crippen LogP contribution in [0.25, 0.3) is 0 Å². The largest absolute Gasteiger partial charge is 0.396 e. The van der Waals surface area contributed by atoms with Gasteiger partial charge in [-0.15, -0.1) is 23.5 Å². The normalized spacial score (nSPS) is 14.2. The van der Waals surface area contributed by atoms with Gasteiger partial charge in [0.25, 0.3) is 11.8 Å². The van der Waals surface area contributed by atoms with Gasteiger partial charge in [-0.05, 0) is 34.7 Å². The van der Waals surface area contributed by atoms with E-state index in [0.717, 1.165) is 18.3 Å². The van der Waals surface area contributed by atoms with Crippen LogP contribution in [0.3, 0.4) is 0 Å². The molecule has 0 aromatic heterocycles. The molecule has 8 heteroatoms. The minimum absolute atomic E-state index is 0.0399. The summed E-state index contributed by atoms with van der Waals surface area (Å²) in [5.41, 5.74) is 0.550. The fourth-order valence-corrected chi connectivity index (χ4v) is 5.05. The lowest BCUT2D eigenvalue weighted by Crippen LogP contribution is -2.30. The number of aliphatic hydroxyl groups is 2. The van der Waals surface area contributed by atoms with Gasteiger partial charge in [0.05, 0.1) is 22.5 Å². The second-order valence-corrected chi connectivity index (χ2v) is 7.54. The molecule has 118 valence electrons. The van der Waals surface area contributed by atoms with Crippen LogP contribution in [-0.2, 0) is 9.59 Å². The number of thioether (sulfide) groups is 2. The van der Waals surface area contributed by atoms with Crippen molar-refractivity contribution in [3.8, 4) is 0 Å². The summed E-state index contributed by atoms with van der Waals surface area (Å²) in [5.74, 6) is 0.380. The minimum Gasteiger partial charge on any atom is -0.396 e. The molecule has 0 radical (unpaired) electrons. The maximum atomic E-state index is 11.8. The van der Waals surface area contributed by atoms with Crippen molar-refractivity contribution in [2.24, 2.45) is 0 Å². The molecule has 1 aromatic carbocycles. The number of benzene rings is 1. The first-order valence-corrected chi connectivity index (χ1v) is 9.51. The van der Waals surface area contributed by atoms with E-state index in [2.05, 4.69) is 22.6 Å². The molecule has 2 amide bonds. The molecular formula is C14H14INO4S2. The lowest BCUT2D eigenvalue weighted by molar-refractivity contribution is -0.120. The molecule has 0 spiro atoms. The number of amides is 2. The Balaban J connectivity index is 2.40. The standard InChI is InChI=1S/C14H14INO4S2/c15-13-9(16-11(19)3-4-12(16)20)1-2-10(21-7-5-17)14(13)22-8-6-18/h1-4,17-18H,5-8H2. The molecule has 0 atom stereocenters. The number of halogens is 1. The van der Waals surface area contributed by atoms with Crippen LogP contribution in [0, 0.1) is 3.57 Å². The zero-order chi connectivity index (χ0) is 16.1. The van der Waals surface area contributed by atoms with E-state index in [1.165, 1.54) is 35.7 Å². The van der Waals surface area contributed by atoms with Crippen LogP contribution >= 0.6 is 46.1 Å². The van der Waals surface area contributed by atoms with Crippen molar-refractivity contribution in [3.05, 3.63) is 27.9 Å². The third-order valence-corrected chi connectivity index (χ3v) is 6.50. The van der Waals surface area contributed by atoms with Crippen LogP contribution in [0.4, 0.5) is 5.69 Å². The highest BCUT2D eigenvalue weighted by Gasteiger charge is 2.28. The summed E-state index contributed by atoms with van der Waals surface area (Å²) in [6, 6.07) is 3.59. The topological polar surface area (TPSA) is 77.8 Å². The average Bonchev–Trinajstić information content (AvgIpc) is 2.84. The third-order valence-electron chi connectivity index (χ3n) is 2.78. The van der Waals surface area contributed by atoms with Crippen LogP contribution in [-0.4, -0.2) is 46.7 Å². The summed E-state index contributed by atoms with van der Waals surface area (Å²) < 4.78 is 0.796. The number of rotatable bonds is 7. The molecule has 0 aliphatic carbocycles. The van der Waals surface area contributed by atoms with Gasteiger partial charge >= 0.3 is 0 Å². The Kier molecular flexibility index (Phi) is 6.75. The van der Waals surface area contributed by atoms with Crippen LogP contribution < -0.4 is 4.90 Å². The zero-order valence-corrected chi connectivity index (χ0v) is 15.3. The summed E-state index contributed by atoms with van der Waals surface area (Å²) in [6.45, 7) is 0.109. The Morgan fingerprint density at radius 1 is 1.00 bits per heavy atom. The molecule has 1 aromatic rings. The SMILES string of the molecule is O=C1C=CC(=O)N1c1ccc(SCCO)c(SCCO)c1I. The van der Waals surface area contributed by atoms with Gasteiger partial charge in [-0.25, -0.2) is 4.90 Å². The summed E-state index contributed by atoms with van der Waals surface area (Å²) in [4.78, 5) is 26.7. The molecule has 0 saturated carbocycles. The number of carbonyl (C=O) groups is 2. The van der Waals surface area contributed by atoms with Crippen LogP contribution in [0.1, 0.15) is 0 Å². The average molecular weight is 451 g/mol. The second kappa shape index (κ2) is 8.34. The van der Waals surface area contributed by atoms with Gasteiger partial charge in [0.15, 0.2) is 0 Å². The minimum atomic E-state index is -0.350. The fourth-order valence-electron chi connectivity index (χ4n) is 1.89. The number of carbonyl (C=O) groups excluding carboxylic acids is 2. The Morgan fingerprint density at radius 3 is 2.18 bits per heavy atom. The number of hydrogen-bond acceptors (Lipinski definition) is 6. The number of hydrogen-bond donors (Lipinski definition) is 2. The molecule has 0 bridgehead atoms. The third kappa shape index (κ3) is 3.85. The van der Waals surface area contributed by atoms with E-state index in [-0.39, 0.29) is 25.0 Å². The van der Waals surface area contributed by atoms with Crippen LogP contribution in [0.5, 0.6) is 0 Å². The van der Waals surface area contributed by atoms with Crippen molar-refractivity contribution in [2.75, 3.05) is 29.6 Å². The molecule has 1 aliphatic heterocycles. The summed E-state index contributed by atoms with van der Waals surface area (Å²) >= 11 is 5.09. The Hall–Kier alpha value is -0.550. The molecule has 0 unspecified atom stereocenters. The molecule has 5 nitrogen and oxygen atoms in total. The van der Waals surface area contributed by atoms with E-state index in [1.54, 1.807) is 6.07 Å². The van der Waals surface area contributed by atoms with Crippen molar-refractivity contribution in [1.82, 2.24) is 0 Å². The van der Waals surface area contributed by atoms with E-state index in [0.29, 0.717) is 17.2 Å². The zero-order valence-electron chi connectivity index (χ0n) is 11.5. The van der Waals surface area contributed by atoms with Gasteiger partial charge in [-0.1, -0.05) is 0 Å². The van der Waals surface area contributed by atoms with Gasteiger partial charge in [0, 0.05) is 33.4 Å². The first-order chi connectivity index (χ1) is 10.6. The molecule has 2 N–H and O–H groups in total. The molecule has 22 heavy (non-hydrogen) atoms. The van der Waals surface area contributed by atoms with Gasteiger partial charge in [0.1, 0.15) is 0 Å². The number of nitrogens with zero attached hydrogens (tertiary/aromatic N) is 1. The summed E-state index contributed by atoms with van der Waals surface area (Å²) in [6.07, 6.45) is 2.51.